The maximum Gasteiger partial charge on any atom is 0.136 e. The minimum atomic E-state index is 0.113. The Kier molecular flexibility index (Phi) is 6.29. The van der Waals surface area contributed by atoms with E-state index in [1.54, 1.807) is 0 Å². The zero-order valence-corrected chi connectivity index (χ0v) is 16.6. The predicted molar refractivity (Wildman–Crippen MR) is 109 cm³/mol. The van der Waals surface area contributed by atoms with Gasteiger partial charge in [-0.1, -0.05) is 50.2 Å². The lowest BCUT2D eigenvalue weighted by Crippen LogP contribution is -2.36. The molecule has 0 N–H and O–H groups in total. The molecule has 1 saturated carbocycles. The van der Waals surface area contributed by atoms with E-state index < -0.39 is 0 Å². The van der Waals surface area contributed by atoms with E-state index in [1.165, 1.54) is 9.79 Å². The summed E-state index contributed by atoms with van der Waals surface area (Å²) in [6.07, 6.45) is 3.89. The fraction of sp³-hybridized carbons (Fsp3) is 0.409. The third kappa shape index (κ3) is 5.15. The molecular weight excluding hydrogens is 344 g/mol. The molecule has 2 aromatic rings. The summed E-state index contributed by atoms with van der Waals surface area (Å²) in [5.41, 5.74) is 0.113. The van der Waals surface area contributed by atoms with Crippen LogP contribution in [0.4, 0.5) is 0 Å². The molecule has 132 valence electrons. The van der Waals surface area contributed by atoms with Crippen molar-refractivity contribution in [1.82, 2.24) is 0 Å². The van der Waals surface area contributed by atoms with Crippen molar-refractivity contribution < 1.29 is 4.79 Å². The van der Waals surface area contributed by atoms with E-state index in [2.05, 4.69) is 74.5 Å². The summed E-state index contributed by atoms with van der Waals surface area (Å²) < 4.78 is 0.344. The van der Waals surface area contributed by atoms with Gasteiger partial charge in [0.1, 0.15) is 5.78 Å². The van der Waals surface area contributed by atoms with Gasteiger partial charge in [-0.15, -0.1) is 23.5 Å². The van der Waals surface area contributed by atoms with Crippen molar-refractivity contribution in [2.45, 2.75) is 53.9 Å². The molecule has 0 saturated heterocycles. The summed E-state index contributed by atoms with van der Waals surface area (Å²) in [6.45, 7) is 4.54. The SMILES string of the molecule is CC1(C)CCCC(=O)C1CC(Sc1ccccc1)Sc1ccccc1. The molecule has 0 amide bonds. The van der Waals surface area contributed by atoms with Gasteiger partial charge in [0.2, 0.25) is 0 Å². The number of thioether (sulfide) groups is 2. The van der Waals surface area contributed by atoms with E-state index in [1.807, 2.05) is 23.5 Å². The first-order valence-electron chi connectivity index (χ1n) is 9.01. The molecule has 3 rings (SSSR count). The Labute approximate surface area is 160 Å². The highest BCUT2D eigenvalue weighted by atomic mass is 32.2. The average molecular weight is 371 g/mol. The second-order valence-corrected chi connectivity index (χ2v) is 10.2. The van der Waals surface area contributed by atoms with Crippen LogP contribution in [0.15, 0.2) is 70.5 Å². The van der Waals surface area contributed by atoms with Crippen LogP contribution in [0.3, 0.4) is 0 Å². The Balaban J connectivity index is 1.78. The van der Waals surface area contributed by atoms with Crippen LogP contribution in [-0.2, 0) is 4.79 Å². The number of hydrogen-bond acceptors (Lipinski definition) is 3. The molecule has 1 unspecified atom stereocenters. The second-order valence-electron chi connectivity index (χ2n) is 7.39. The van der Waals surface area contributed by atoms with E-state index in [4.69, 9.17) is 0 Å². The van der Waals surface area contributed by atoms with Crippen LogP contribution in [0.25, 0.3) is 0 Å². The lowest BCUT2D eigenvalue weighted by atomic mass is 9.67. The molecule has 1 nitrogen and oxygen atoms in total. The largest absolute Gasteiger partial charge is 0.299 e. The van der Waals surface area contributed by atoms with Crippen LogP contribution >= 0.6 is 23.5 Å². The summed E-state index contributed by atoms with van der Waals surface area (Å²) in [5.74, 6) is 0.627. The minimum absolute atomic E-state index is 0.113. The predicted octanol–water partition coefficient (Wildman–Crippen LogP) is 6.68. The van der Waals surface area contributed by atoms with Gasteiger partial charge in [-0.25, -0.2) is 0 Å². The zero-order valence-electron chi connectivity index (χ0n) is 15.0. The maximum absolute atomic E-state index is 12.6. The molecule has 2 aromatic carbocycles. The maximum atomic E-state index is 12.6. The van der Waals surface area contributed by atoms with Crippen molar-refractivity contribution in [2.75, 3.05) is 0 Å². The number of carbonyl (C=O) groups excluding carboxylic acids is 1. The molecule has 1 aliphatic carbocycles. The Hall–Kier alpha value is -1.19. The van der Waals surface area contributed by atoms with Gasteiger partial charge in [-0.3, -0.25) is 4.79 Å². The molecule has 1 aliphatic rings. The monoisotopic (exact) mass is 370 g/mol. The van der Waals surface area contributed by atoms with Crippen LogP contribution in [-0.4, -0.2) is 10.4 Å². The van der Waals surface area contributed by atoms with Crippen molar-refractivity contribution in [2.24, 2.45) is 11.3 Å². The van der Waals surface area contributed by atoms with Gasteiger partial charge in [0.05, 0.1) is 4.58 Å². The fourth-order valence-electron chi connectivity index (χ4n) is 3.57. The standard InChI is InChI=1S/C22H26OS2/c1-22(2)15-9-14-20(23)19(22)16-21(24-17-10-5-3-6-11-17)25-18-12-7-4-8-13-18/h3-8,10-13,19,21H,9,14-16H2,1-2H3. The van der Waals surface area contributed by atoms with Crippen LogP contribution < -0.4 is 0 Å². The first kappa shape index (κ1) is 18.6. The molecule has 0 aliphatic heterocycles. The number of carbonyl (C=O) groups is 1. The van der Waals surface area contributed by atoms with E-state index in [0.717, 1.165) is 25.7 Å². The normalized spacial score (nSPS) is 20.0. The minimum Gasteiger partial charge on any atom is -0.299 e. The molecule has 0 radical (unpaired) electrons. The van der Waals surface area contributed by atoms with Gasteiger partial charge in [-0.2, -0.15) is 0 Å². The van der Waals surface area contributed by atoms with Gasteiger partial charge in [0.25, 0.3) is 0 Å². The Morgan fingerprint density at radius 2 is 1.48 bits per heavy atom. The van der Waals surface area contributed by atoms with Crippen LogP contribution in [0, 0.1) is 11.3 Å². The summed E-state index contributed by atoms with van der Waals surface area (Å²) in [5, 5.41) is 0. The third-order valence-electron chi connectivity index (χ3n) is 5.03. The fourth-order valence-corrected chi connectivity index (χ4v) is 6.24. The molecule has 1 atom stereocenters. The molecule has 25 heavy (non-hydrogen) atoms. The van der Waals surface area contributed by atoms with Gasteiger partial charge in [-0.05, 0) is 48.9 Å². The first-order chi connectivity index (χ1) is 12.0. The molecular formula is C22H26OS2. The van der Waals surface area contributed by atoms with Crippen molar-refractivity contribution in [3.05, 3.63) is 60.7 Å². The number of ketones is 1. The average Bonchev–Trinajstić information content (AvgIpc) is 2.60. The van der Waals surface area contributed by atoms with Crippen molar-refractivity contribution in [3.8, 4) is 0 Å². The third-order valence-corrected chi connectivity index (χ3v) is 7.60. The van der Waals surface area contributed by atoms with Gasteiger partial charge >= 0.3 is 0 Å². The Morgan fingerprint density at radius 1 is 0.960 bits per heavy atom. The van der Waals surface area contributed by atoms with Crippen LogP contribution in [0.2, 0.25) is 0 Å². The number of rotatable bonds is 6. The van der Waals surface area contributed by atoms with Crippen molar-refractivity contribution in [3.63, 3.8) is 0 Å². The number of Topliss-reactive ketones (excluding diaryl/α,β-unsaturated/α-hetero) is 1. The zero-order chi connectivity index (χ0) is 17.7. The highest BCUT2D eigenvalue weighted by molar-refractivity contribution is 8.17. The first-order valence-corrected chi connectivity index (χ1v) is 10.8. The Bertz CT molecular complexity index is 640. The van der Waals surface area contributed by atoms with Crippen LogP contribution in [0.5, 0.6) is 0 Å². The van der Waals surface area contributed by atoms with Gasteiger partial charge < -0.3 is 0 Å². The quantitative estimate of drug-likeness (QED) is 0.417. The highest BCUT2D eigenvalue weighted by Gasteiger charge is 2.39. The van der Waals surface area contributed by atoms with Gasteiger partial charge in [0.15, 0.2) is 0 Å². The van der Waals surface area contributed by atoms with Crippen LogP contribution in [0.1, 0.15) is 39.5 Å². The molecule has 0 bridgehead atoms. The summed E-state index contributed by atoms with van der Waals surface area (Å²) >= 11 is 3.78. The summed E-state index contributed by atoms with van der Waals surface area (Å²) in [4.78, 5) is 15.2. The molecule has 1 fully saturated rings. The molecule has 0 spiro atoms. The molecule has 0 heterocycles. The van der Waals surface area contributed by atoms with Gasteiger partial charge in [0, 0.05) is 22.1 Å². The lowest BCUT2D eigenvalue weighted by Gasteiger charge is -2.39. The lowest BCUT2D eigenvalue weighted by molar-refractivity contribution is -0.129. The Morgan fingerprint density at radius 3 is 1.96 bits per heavy atom. The van der Waals surface area contributed by atoms with E-state index in [0.29, 0.717) is 10.4 Å². The van der Waals surface area contributed by atoms with Crippen molar-refractivity contribution in [1.29, 1.82) is 0 Å². The van der Waals surface area contributed by atoms with E-state index in [-0.39, 0.29) is 11.3 Å². The number of hydrogen-bond donors (Lipinski definition) is 0. The summed E-state index contributed by atoms with van der Waals surface area (Å²) in [6, 6.07) is 21.1. The molecule has 0 aromatic heterocycles. The van der Waals surface area contributed by atoms with E-state index in [9.17, 15) is 4.79 Å². The topological polar surface area (TPSA) is 17.1 Å². The second kappa shape index (κ2) is 8.46. The molecule has 3 heteroatoms. The summed E-state index contributed by atoms with van der Waals surface area (Å²) in [7, 11) is 0. The van der Waals surface area contributed by atoms with Crippen molar-refractivity contribution >= 4 is 29.3 Å². The smallest absolute Gasteiger partial charge is 0.136 e. The van der Waals surface area contributed by atoms with E-state index >= 15 is 0 Å². The highest BCUT2D eigenvalue weighted by Crippen LogP contribution is 2.46. The number of benzene rings is 2.